The molecule has 146 valence electrons. The van der Waals surface area contributed by atoms with E-state index in [1.165, 1.54) is 19.0 Å². The number of imidazole rings is 1. The number of hydrogen-bond acceptors (Lipinski definition) is 5. The van der Waals surface area contributed by atoms with Gasteiger partial charge < -0.3 is 25.8 Å². The summed E-state index contributed by atoms with van der Waals surface area (Å²) in [6, 6.07) is 4.95. The molecule has 0 radical (unpaired) electrons. The van der Waals surface area contributed by atoms with Crippen LogP contribution in [0.4, 0.5) is 5.95 Å². The molecule has 0 bridgehead atoms. The number of benzene rings is 1. The van der Waals surface area contributed by atoms with E-state index < -0.39 is 5.91 Å². The fraction of sp³-hybridized carbons (Fsp3) is 0.316. The number of primary amides is 1. The quantitative estimate of drug-likeness (QED) is 0.484. The number of ether oxygens (including phenoxy) is 1. The highest BCUT2D eigenvalue weighted by Gasteiger charge is 2.22. The topological polar surface area (TPSA) is 126 Å². The molecule has 1 amide bonds. The molecular weight excluding hydrogens is 382 g/mol. The minimum Gasteiger partial charge on any atom is -0.492 e. The van der Waals surface area contributed by atoms with Gasteiger partial charge in [0, 0.05) is 17.0 Å². The number of nitrogens with two attached hydrogens (primary N) is 1. The van der Waals surface area contributed by atoms with Crippen molar-refractivity contribution < 1.29 is 9.53 Å². The number of aromatic nitrogens is 3. The van der Waals surface area contributed by atoms with Crippen molar-refractivity contribution in [2.75, 3.05) is 11.9 Å². The summed E-state index contributed by atoms with van der Waals surface area (Å²) in [6.45, 7) is 2.46. The van der Waals surface area contributed by atoms with E-state index in [2.05, 4.69) is 20.3 Å². The van der Waals surface area contributed by atoms with Crippen LogP contribution in [0.2, 0.25) is 5.02 Å². The van der Waals surface area contributed by atoms with Gasteiger partial charge in [-0.15, -0.1) is 0 Å². The van der Waals surface area contributed by atoms with E-state index in [1.807, 2.05) is 6.92 Å². The lowest BCUT2D eigenvalue weighted by Crippen LogP contribution is -2.20. The molecule has 1 fully saturated rings. The van der Waals surface area contributed by atoms with E-state index in [9.17, 15) is 9.59 Å². The van der Waals surface area contributed by atoms with E-state index in [0.29, 0.717) is 40.3 Å². The summed E-state index contributed by atoms with van der Waals surface area (Å²) in [5.74, 6) is 0.927. The standard InChI is InChI=1S/C19H20ClN5O3/c1-9(23-19-22-7-15(25-19)17(21)26)12-4-11-5-13(20)16(28-8-10-2-3-10)6-14(11)24-18(12)27/h4-7,9-10H,2-3,8H2,1H3,(H2,21,26)(H,24,27)(H2,22,23,25). The Balaban J connectivity index is 1.59. The number of nitrogens with zero attached hydrogens (tertiary/aromatic N) is 1. The molecule has 2 heterocycles. The van der Waals surface area contributed by atoms with Gasteiger partial charge in [0.15, 0.2) is 0 Å². The molecule has 1 unspecified atom stereocenters. The Labute approximate surface area is 165 Å². The smallest absolute Gasteiger partial charge is 0.266 e. The molecule has 1 atom stereocenters. The maximum absolute atomic E-state index is 12.6. The number of H-pyrrole nitrogens is 2. The zero-order chi connectivity index (χ0) is 19.8. The Morgan fingerprint density at radius 2 is 2.18 bits per heavy atom. The van der Waals surface area contributed by atoms with Gasteiger partial charge in [0.05, 0.1) is 29.4 Å². The number of hydrogen-bond donors (Lipinski definition) is 4. The summed E-state index contributed by atoms with van der Waals surface area (Å²) in [5.41, 5.74) is 6.33. The van der Waals surface area contributed by atoms with Crippen LogP contribution in [0.1, 0.15) is 41.9 Å². The maximum atomic E-state index is 12.6. The van der Waals surface area contributed by atoms with Crippen LogP contribution in [-0.2, 0) is 0 Å². The zero-order valence-electron chi connectivity index (χ0n) is 15.2. The van der Waals surface area contributed by atoms with Gasteiger partial charge in [0.2, 0.25) is 5.95 Å². The van der Waals surface area contributed by atoms with E-state index in [0.717, 1.165) is 5.39 Å². The van der Waals surface area contributed by atoms with E-state index in [-0.39, 0.29) is 17.3 Å². The lowest BCUT2D eigenvalue weighted by atomic mass is 10.1. The third-order valence-electron chi connectivity index (χ3n) is 4.76. The molecule has 4 rings (SSSR count). The van der Waals surface area contributed by atoms with Crippen LogP contribution in [0.15, 0.2) is 29.2 Å². The number of fused-ring (bicyclic) bond motifs is 1. The zero-order valence-corrected chi connectivity index (χ0v) is 16.0. The summed E-state index contributed by atoms with van der Waals surface area (Å²) in [6.07, 6.45) is 3.71. The Bertz CT molecular complexity index is 1100. The van der Waals surface area contributed by atoms with Gasteiger partial charge in [0.25, 0.3) is 11.5 Å². The number of rotatable bonds is 7. The maximum Gasteiger partial charge on any atom is 0.266 e. The molecule has 1 aliphatic carbocycles. The van der Waals surface area contributed by atoms with Crippen molar-refractivity contribution in [3.8, 4) is 5.75 Å². The highest BCUT2D eigenvalue weighted by atomic mass is 35.5. The number of anilines is 1. The average Bonchev–Trinajstić information content (AvgIpc) is 3.36. The van der Waals surface area contributed by atoms with Crippen LogP contribution in [0.5, 0.6) is 5.75 Å². The predicted molar refractivity (Wildman–Crippen MR) is 107 cm³/mol. The highest BCUT2D eigenvalue weighted by molar-refractivity contribution is 6.32. The Morgan fingerprint density at radius 3 is 2.86 bits per heavy atom. The van der Waals surface area contributed by atoms with Gasteiger partial charge in [-0.1, -0.05) is 11.6 Å². The van der Waals surface area contributed by atoms with E-state index in [4.69, 9.17) is 22.1 Å². The number of pyridine rings is 1. The van der Waals surface area contributed by atoms with Crippen molar-refractivity contribution in [1.82, 2.24) is 15.0 Å². The first-order chi connectivity index (χ1) is 13.4. The second-order valence-corrected chi connectivity index (χ2v) is 7.46. The Morgan fingerprint density at radius 1 is 1.39 bits per heavy atom. The van der Waals surface area contributed by atoms with Crippen molar-refractivity contribution in [3.05, 3.63) is 51.0 Å². The first-order valence-electron chi connectivity index (χ1n) is 9.01. The second kappa shape index (κ2) is 7.20. The number of carbonyl (C=O) groups excluding carboxylic acids is 1. The molecule has 9 heteroatoms. The van der Waals surface area contributed by atoms with Gasteiger partial charge in [-0.3, -0.25) is 9.59 Å². The van der Waals surface area contributed by atoms with E-state index in [1.54, 1.807) is 18.2 Å². The average molecular weight is 402 g/mol. The number of aromatic amines is 2. The van der Waals surface area contributed by atoms with Gasteiger partial charge >= 0.3 is 0 Å². The molecule has 1 aromatic carbocycles. The fourth-order valence-electron chi connectivity index (χ4n) is 2.95. The molecule has 2 aromatic heterocycles. The molecule has 1 aliphatic rings. The van der Waals surface area contributed by atoms with Crippen LogP contribution in [-0.4, -0.2) is 27.5 Å². The molecule has 8 nitrogen and oxygen atoms in total. The summed E-state index contributed by atoms with van der Waals surface area (Å²) in [5, 5.41) is 4.35. The summed E-state index contributed by atoms with van der Waals surface area (Å²) >= 11 is 6.35. The number of carbonyl (C=O) groups is 1. The predicted octanol–water partition coefficient (Wildman–Crippen LogP) is 2.97. The second-order valence-electron chi connectivity index (χ2n) is 7.05. The SMILES string of the molecule is CC(Nc1ncc(C(N)=O)[nH]1)c1cc2cc(Cl)c(OCC3CC3)cc2[nH]c1=O. The first-order valence-corrected chi connectivity index (χ1v) is 9.39. The third kappa shape index (κ3) is 3.82. The molecule has 0 saturated heterocycles. The first kappa shape index (κ1) is 18.4. The summed E-state index contributed by atoms with van der Waals surface area (Å²) in [7, 11) is 0. The number of nitrogens with one attached hydrogen (secondary N) is 3. The van der Waals surface area contributed by atoms with E-state index >= 15 is 0 Å². The lowest BCUT2D eigenvalue weighted by molar-refractivity contribution is 0.0996. The van der Waals surface area contributed by atoms with Crippen molar-refractivity contribution >= 4 is 34.4 Å². The summed E-state index contributed by atoms with van der Waals surface area (Å²) < 4.78 is 5.77. The van der Waals surface area contributed by atoms with Crippen LogP contribution >= 0.6 is 11.6 Å². The van der Waals surface area contributed by atoms with Crippen LogP contribution in [0.25, 0.3) is 10.9 Å². The van der Waals surface area contributed by atoms with Crippen molar-refractivity contribution in [2.24, 2.45) is 11.7 Å². The van der Waals surface area contributed by atoms with Gasteiger partial charge in [-0.05, 0) is 37.8 Å². The third-order valence-corrected chi connectivity index (χ3v) is 5.05. The lowest BCUT2D eigenvalue weighted by Gasteiger charge is -2.14. The molecule has 5 N–H and O–H groups in total. The van der Waals surface area contributed by atoms with Crippen LogP contribution < -0.4 is 21.3 Å². The molecule has 3 aromatic rings. The van der Waals surface area contributed by atoms with Crippen molar-refractivity contribution in [2.45, 2.75) is 25.8 Å². The fourth-order valence-corrected chi connectivity index (χ4v) is 3.18. The van der Waals surface area contributed by atoms with Crippen molar-refractivity contribution in [1.29, 1.82) is 0 Å². The van der Waals surface area contributed by atoms with Crippen molar-refractivity contribution in [3.63, 3.8) is 0 Å². The van der Waals surface area contributed by atoms with Gasteiger partial charge in [-0.2, -0.15) is 0 Å². The van der Waals surface area contributed by atoms with Crippen LogP contribution in [0, 0.1) is 5.92 Å². The van der Waals surface area contributed by atoms with Gasteiger partial charge in [0.1, 0.15) is 11.4 Å². The number of halogens is 1. The minimum atomic E-state index is -0.605. The largest absolute Gasteiger partial charge is 0.492 e. The van der Waals surface area contributed by atoms with Gasteiger partial charge in [-0.25, -0.2) is 4.98 Å². The van der Waals surface area contributed by atoms with Crippen LogP contribution in [0.3, 0.4) is 0 Å². The minimum absolute atomic E-state index is 0.188. The monoisotopic (exact) mass is 401 g/mol. The molecule has 0 spiro atoms. The molecular formula is C19H20ClN5O3. The highest BCUT2D eigenvalue weighted by Crippen LogP contribution is 2.33. The Hall–Kier alpha value is -3.00. The normalized spacial score (nSPS) is 14.8. The number of amides is 1. The Kier molecular flexibility index (Phi) is 4.72. The summed E-state index contributed by atoms with van der Waals surface area (Å²) in [4.78, 5) is 33.4. The molecule has 1 saturated carbocycles. The molecule has 28 heavy (non-hydrogen) atoms. The molecule has 0 aliphatic heterocycles.